The van der Waals surface area contributed by atoms with Crippen LogP contribution in [0.15, 0.2) is 65.8 Å². The summed E-state index contributed by atoms with van der Waals surface area (Å²) >= 11 is 0. The maximum atomic E-state index is 13.1. The van der Waals surface area contributed by atoms with E-state index in [0.717, 1.165) is 12.3 Å². The van der Waals surface area contributed by atoms with Crippen molar-refractivity contribution in [3.63, 3.8) is 0 Å². The second-order valence-corrected chi connectivity index (χ2v) is 5.89. The van der Waals surface area contributed by atoms with Crippen LogP contribution >= 0.6 is 0 Å². The van der Waals surface area contributed by atoms with Gasteiger partial charge in [0.05, 0.1) is 5.56 Å². The van der Waals surface area contributed by atoms with Crippen molar-refractivity contribution in [1.29, 1.82) is 10.8 Å². The zero-order valence-corrected chi connectivity index (χ0v) is 15.3. The first-order chi connectivity index (χ1) is 13.6. The number of hydrogen-bond donors (Lipinski definition) is 6. The number of carbonyl (C=O) groups excluding carboxylic acids is 1. The first-order valence-corrected chi connectivity index (χ1v) is 8.29. The highest BCUT2D eigenvalue weighted by Gasteiger charge is 2.33. The molecular weight excluding hydrogens is 385 g/mol. The van der Waals surface area contributed by atoms with E-state index in [4.69, 9.17) is 16.6 Å². The SMILES string of the molecule is CC1=C(C(=O)NC(=N)C=CC=N)NC(=CC=C(N)c2ccccc2C(F)(F)F)N1. The lowest BCUT2D eigenvalue weighted by atomic mass is 10.0. The topological polar surface area (TPSA) is 127 Å². The minimum atomic E-state index is -4.54. The Morgan fingerprint density at radius 3 is 2.59 bits per heavy atom. The largest absolute Gasteiger partial charge is 0.417 e. The zero-order chi connectivity index (χ0) is 21.6. The van der Waals surface area contributed by atoms with Gasteiger partial charge in [0.25, 0.3) is 5.91 Å². The van der Waals surface area contributed by atoms with Crippen LogP contribution in [0.25, 0.3) is 5.70 Å². The molecule has 2 rings (SSSR count). The Balaban J connectivity index is 2.14. The molecule has 7 nitrogen and oxygen atoms in total. The standard InChI is InChI=1S/C19H19F3N6O/c1-11-17(18(29)27-15(25)7-4-10-23)28-16(26-11)9-8-14(24)12-5-2-3-6-13(12)19(20,21)22/h2-10,23,26,28H,24H2,1H3,(H2,25,27,29). The first-order valence-electron chi connectivity index (χ1n) is 8.29. The summed E-state index contributed by atoms with van der Waals surface area (Å²) in [6, 6.07) is 4.97. The monoisotopic (exact) mass is 404 g/mol. The molecule has 0 fully saturated rings. The average Bonchev–Trinajstić information content (AvgIpc) is 3.04. The lowest BCUT2D eigenvalue weighted by Gasteiger charge is -2.12. The van der Waals surface area contributed by atoms with E-state index in [-0.39, 0.29) is 22.8 Å². The minimum Gasteiger partial charge on any atom is -0.398 e. The van der Waals surface area contributed by atoms with Crippen LogP contribution in [0.2, 0.25) is 0 Å². The fourth-order valence-electron chi connectivity index (χ4n) is 2.45. The predicted molar refractivity (Wildman–Crippen MR) is 104 cm³/mol. The summed E-state index contributed by atoms with van der Waals surface area (Å²) in [4.78, 5) is 12.2. The van der Waals surface area contributed by atoms with E-state index < -0.39 is 17.6 Å². The molecule has 0 aliphatic carbocycles. The fourth-order valence-corrected chi connectivity index (χ4v) is 2.45. The molecule has 1 aliphatic rings. The average molecular weight is 404 g/mol. The van der Waals surface area contributed by atoms with Crippen molar-refractivity contribution >= 4 is 23.7 Å². The smallest absolute Gasteiger partial charge is 0.398 e. The molecule has 0 spiro atoms. The van der Waals surface area contributed by atoms with E-state index in [1.807, 2.05) is 0 Å². The third-order valence-corrected chi connectivity index (χ3v) is 3.76. The van der Waals surface area contributed by atoms with Gasteiger partial charge in [0.1, 0.15) is 17.4 Å². The molecule has 1 aromatic rings. The van der Waals surface area contributed by atoms with Crippen LogP contribution < -0.4 is 21.7 Å². The van der Waals surface area contributed by atoms with E-state index >= 15 is 0 Å². The third-order valence-electron chi connectivity index (χ3n) is 3.76. The molecule has 0 aromatic heterocycles. The zero-order valence-electron chi connectivity index (χ0n) is 15.3. The van der Waals surface area contributed by atoms with Gasteiger partial charge in [-0.2, -0.15) is 13.2 Å². The van der Waals surface area contributed by atoms with Gasteiger partial charge in [-0.15, -0.1) is 0 Å². The lowest BCUT2D eigenvalue weighted by Crippen LogP contribution is -2.33. The summed E-state index contributed by atoms with van der Waals surface area (Å²) in [7, 11) is 0. The summed E-state index contributed by atoms with van der Waals surface area (Å²) < 4.78 is 39.3. The number of rotatable bonds is 5. The van der Waals surface area contributed by atoms with E-state index in [2.05, 4.69) is 16.0 Å². The molecular formula is C19H19F3N6O. The highest BCUT2D eigenvalue weighted by molar-refractivity contribution is 6.09. The number of nitrogens with two attached hydrogens (primary N) is 1. The van der Waals surface area contributed by atoms with Gasteiger partial charge in [-0.25, -0.2) is 0 Å². The Labute approximate surface area is 164 Å². The van der Waals surface area contributed by atoms with Gasteiger partial charge < -0.3 is 27.1 Å². The van der Waals surface area contributed by atoms with Gasteiger partial charge in [-0.05, 0) is 37.3 Å². The summed E-state index contributed by atoms with van der Waals surface area (Å²) in [6.45, 7) is 1.62. The number of alkyl halides is 3. The Kier molecular flexibility index (Phi) is 6.60. The maximum Gasteiger partial charge on any atom is 0.417 e. The number of allylic oxidation sites excluding steroid dienone is 4. The van der Waals surface area contributed by atoms with Crippen molar-refractivity contribution in [2.45, 2.75) is 13.1 Å². The molecule has 0 atom stereocenters. The normalized spacial score (nSPS) is 16.0. The van der Waals surface area contributed by atoms with Crippen molar-refractivity contribution in [3.8, 4) is 0 Å². The van der Waals surface area contributed by atoms with E-state index in [9.17, 15) is 18.0 Å². The summed E-state index contributed by atoms with van der Waals surface area (Å²) in [5.74, 6) is -0.454. The molecule has 0 saturated heterocycles. The number of hydrogen-bond acceptors (Lipinski definition) is 6. The molecule has 0 radical (unpaired) electrons. The molecule has 7 N–H and O–H groups in total. The number of nitrogens with one attached hydrogen (secondary N) is 5. The van der Waals surface area contributed by atoms with Gasteiger partial charge in [0.15, 0.2) is 0 Å². The number of carbonyl (C=O) groups is 1. The maximum absolute atomic E-state index is 13.1. The Morgan fingerprint density at radius 1 is 1.24 bits per heavy atom. The molecule has 0 unspecified atom stereocenters. The second-order valence-electron chi connectivity index (χ2n) is 5.89. The molecule has 1 heterocycles. The Bertz CT molecular complexity index is 957. The van der Waals surface area contributed by atoms with Gasteiger partial charge in [-0.1, -0.05) is 18.2 Å². The van der Waals surface area contributed by atoms with Gasteiger partial charge >= 0.3 is 6.18 Å². The van der Waals surface area contributed by atoms with E-state index in [1.54, 1.807) is 6.92 Å². The second kappa shape index (κ2) is 8.91. The van der Waals surface area contributed by atoms with Crippen molar-refractivity contribution in [3.05, 3.63) is 76.9 Å². The van der Waals surface area contributed by atoms with Crippen molar-refractivity contribution in [2.24, 2.45) is 5.73 Å². The van der Waals surface area contributed by atoms with Gasteiger partial charge in [0, 0.05) is 23.2 Å². The van der Waals surface area contributed by atoms with Crippen LogP contribution in [0.3, 0.4) is 0 Å². The first kappa shape index (κ1) is 21.5. The van der Waals surface area contributed by atoms with Crippen molar-refractivity contribution in [2.75, 3.05) is 0 Å². The van der Waals surface area contributed by atoms with Crippen LogP contribution in [0.5, 0.6) is 0 Å². The highest BCUT2D eigenvalue weighted by atomic mass is 19.4. The third kappa shape index (κ3) is 5.58. The summed E-state index contributed by atoms with van der Waals surface area (Å²) in [5, 5.41) is 22.4. The quantitative estimate of drug-likeness (QED) is 0.333. The van der Waals surface area contributed by atoms with Crippen LogP contribution in [0.4, 0.5) is 13.2 Å². The van der Waals surface area contributed by atoms with Crippen molar-refractivity contribution < 1.29 is 18.0 Å². The summed E-state index contributed by atoms with van der Waals surface area (Å²) in [5.41, 5.74) is 5.34. The molecule has 1 aromatic carbocycles. The molecule has 1 aliphatic heterocycles. The lowest BCUT2D eigenvalue weighted by molar-refractivity contribution is -0.137. The summed E-state index contributed by atoms with van der Waals surface area (Å²) in [6.07, 6.45) is 1.65. The number of halogens is 3. The van der Waals surface area contributed by atoms with Crippen LogP contribution in [0.1, 0.15) is 18.1 Å². The predicted octanol–water partition coefficient (Wildman–Crippen LogP) is 2.57. The number of benzene rings is 1. The van der Waals surface area contributed by atoms with E-state index in [0.29, 0.717) is 11.5 Å². The number of amidine groups is 1. The molecule has 1 amide bonds. The Hall–Kier alpha value is -3.82. The number of amides is 1. The van der Waals surface area contributed by atoms with Crippen molar-refractivity contribution in [1.82, 2.24) is 16.0 Å². The van der Waals surface area contributed by atoms with Crippen LogP contribution in [0, 0.1) is 10.8 Å². The van der Waals surface area contributed by atoms with Gasteiger partial charge in [0.2, 0.25) is 0 Å². The fraction of sp³-hybridized carbons (Fsp3) is 0.105. The van der Waals surface area contributed by atoms with Crippen LogP contribution in [-0.4, -0.2) is 18.0 Å². The Morgan fingerprint density at radius 2 is 1.93 bits per heavy atom. The molecule has 29 heavy (non-hydrogen) atoms. The minimum absolute atomic E-state index is 0.0943. The van der Waals surface area contributed by atoms with Gasteiger partial charge in [-0.3, -0.25) is 10.2 Å². The molecule has 10 heteroatoms. The molecule has 152 valence electrons. The highest BCUT2D eigenvalue weighted by Crippen LogP contribution is 2.33. The molecule has 0 saturated carbocycles. The van der Waals surface area contributed by atoms with Crippen LogP contribution in [-0.2, 0) is 11.0 Å². The van der Waals surface area contributed by atoms with E-state index in [1.165, 1.54) is 42.5 Å². The molecule has 0 bridgehead atoms.